The summed E-state index contributed by atoms with van der Waals surface area (Å²) >= 11 is 0. The topological polar surface area (TPSA) is 55.8 Å². The Labute approximate surface area is 165 Å². The van der Waals surface area contributed by atoms with E-state index in [0.29, 0.717) is 13.1 Å². The molecule has 0 N–H and O–H groups in total. The molecule has 1 amide bonds. The molecule has 5 heteroatoms. The zero-order chi connectivity index (χ0) is 20.3. The van der Waals surface area contributed by atoms with Gasteiger partial charge in [0.15, 0.2) is 0 Å². The number of fused-ring (bicyclic) bond motifs is 1. The van der Waals surface area contributed by atoms with Gasteiger partial charge >= 0.3 is 12.1 Å². The number of ether oxygens (including phenoxy) is 2. The van der Waals surface area contributed by atoms with Gasteiger partial charge in [-0.15, -0.1) is 0 Å². The minimum Gasteiger partial charge on any atom is -0.469 e. The van der Waals surface area contributed by atoms with Gasteiger partial charge in [0.1, 0.15) is 5.60 Å². The van der Waals surface area contributed by atoms with Gasteiger partial charge in [-0.2, -0.15) is 0 Å². The van der Waals surface area contributed by atoms with E-state index in [1.54, 1.807) is 4.90 Å². The Kier molecular flexibility index (Phi) is 5.73. The Bertz CT molecular complexity index is 897. The Morgan fingerprint density at radius 3 is 2.46 bits per heavy atom. The van der Waals surface area contributed by atoms with Crippen LogP contribution in [0.15, 0.2) is 48.5 Å². The molecule has 0 unspecified atom stereocenters. The van der Waals surface area contributed by atoms with Crippen molar-refractivity contribution in [1.82, 2.24) is 4.90 Å². The molecule has 1 aliphatic rings. The van der Waals surface area contributed by atoms with Crippen molar-refractivity contribution in [1.29, 1.82) is 0 Å². The molecular formula is C23H27NO4. The molecular weight excluding hydrogens is 354 g/mol. The van der Waals surface area contributed by atoms with Crippen molar-refractivity contribution in [3.8, 4) is 0 Å². The number of hydrogen-bond acceptors (Lipinski definition) is 4. The van der Waals surface area contributed by atoms with Gasteiger partial charge in [0.25, 0.3) is 0 Å². The van der Waals surface area contributed by atoms with Crippen molar-refractivity contribution >= 4 is 28.9 Å². The fourth-order valence-corrected chi connectivity index (χ4v) is 3.45. The van der Waals surface area contributed by atoms with Crippen molar-refractivity contribution in [3.05, 3.63) is 54.1 Å². The van der Waals surface area contributed by atoms with Crippen molar-refractivity contribution in [2.24, 2.45) is 11.8 Å². The minimum absolute atomic E-state index is 0.119. The number of carbonyl (C=O) groups excluding carboxylic acids is 2. The van der Waals surface area contributed by atoms with Crippen LogP contribution >= 0.6 is 0 Å². The first-order valence-corrected chi connectivity index (χ1v) is 9.49. The van der Waals surface area contributed by atoms with Crippen molar-refractivity contribution in [3.63, 3.8) is 0 Å². The van der Waals surface area contributed by atoms with Crippen LogP contribution in [0.1, 0.15) is 26.3 Å². The fraction of sp³-hybridized carbons (Fsp3) is 0.391. The van der Waals surface area contributed by atoms with Gasteiger partial charge < -0.3 is 14.4 Å². The lowest BCUT2D eigenvalue weighted by Crippen LogP contribution is -2.36. The summed E-state index contributed by atoms with van der Waals surface area (Å²) in [6.07, 6.45) is 3.60. The molecule has 2 aromatic carbocycles. The summed E-state index contributed by atoms with van der Waals surface area (Å²) < 4.78 is 10.4. The number of hydrogen-bond donors (Lipinski definition) is 0. The number of benzene rings is 2. The maximum atomic E-state index is 12.4. The van der Waals surface area contributed by atoms with Crippen LogP contribution in [0.5, 0.6) is 0 Å². The summed E-state index contributed by atoms with van der Waals surface area (Å²) in [6, 6.07) is 14.4. The SMILES string of the molecule is COC(=O)[C@H]1CN(C(=O)OC(C)(C)C)C[C@@H]1/C=C/c1ccc2ccccc2c1. The van der Waals surface area contributed by atoms with E-state index < -0.39 is 17.6 Å². The van der Waals surface area contributed by atoms with Crippen LogP contribution in [0, 0.1) is 11.8 Å². The van der Waals surface area contributed by atoms with E-state index in [9.17, 15) is 9.59 Å². The molecule has 2 atom stereocenters. The molecule has 148 valence electrons. The molecule has 1 heterocycles. The fourth-order valence-electron chi connectivity index (χ4n) is 3.45. The standard InChI is InChI=1S/C23H27NO4/c1-23(2,3)28-22(26)24-14-19(20(15-24)21(25)27-4)12-10-16-9-11-17-7-5-6-8-18(17)13-16/h5-13,19-20H,14-15H2,1-4H3/b12-10+/t19-,20-/m0/s1. The third kappa shape index (κ3) is 4.71. The number of amides is 1. The third-order valence-corrected chi connectivity index (χ3v) is 4.83. The second-order valence-electron chi connectivity index (χ2n) is 8.14. The zero-order valence-electron chi connectivity index (χ0n) is 16.8. The maximum absolute atomic E-state index is 12.4. The first-order valence-electron chi connectivity index (χ1n) is 9.49. The summed E-state index contributed by atoms with van der Waals surface area (Å²) in [4.78, 5) is 26.2. The van der Waals surface area contributed by atoms with E-state index in [1.807, 2.05) is 51.1 Å². The molecule has 0 aliphatic carbocycles. The number of methoxy groups -OCH3 is 1. The van der Waals surface area contributed by atoms with E-state index >= 15 is 0 Å². The average Bonchev–Trinajstić information content (AvgIpc) is 3.09. The van der Waals surface area contributed by atoms with E-state index in [4.69, 9.17) is 9.47 Å². The summed E-state index contributed by atoms with van der Waals surface area (Å²) in [5.74, 6) is -0.820. The van der Waals surface area contributed by atoms with Gasteiger partial charge in [0.05, 0.1) is 13.0 Å². The van der Waals surface area contributed by atoms with Crippen LogP contribution in [0.3, 0.4) is 0 Å². The molecule has 1 aliphatic heterocycles. The van der Waals surface area contributed by atoms with E-state index in [2.05, 4.69) is 24.3 Å². The summed E-state index contributed by atoms with van der Waals surface area (Å²) in [5.41, 5.74) is 0.481. The van der Waals surface area contributed by atoms with Crippen molar-refractivity contribution < 1.29 is 19.1 Å². The Morgan fingerprint density at radius 1 is 1.07 bits per heavy atom. The highest BCUT2D eigenvalue weighted by Crippen LogP contribution is 2.28. The third-order valence-electron chi connectivity index (χ3n) is 4.83. The first-order chi connectivity index (χ1) is 13.3. The van der Waals surface area contributed by atoms with Crippen LogP contribution in [0.25, 0.3) is 16.8 Å². The smallest absolute Gasteiger partial charge is 0.410 e. The second kappa shape index (κ2) is 8.05. The lowest BCUT2D eigenvalue weighted by atomic mass is 9.95. The van der Waals surface area contributed by atoms with E-state index in [-0.39, 0.29) is 11.9 Å². The monoisotopic (exact) mass is 381 g/mol. The highest BCUT2D eigenvalue weighted by molar-refractivity contribution is 5.84. The largest absolute Gasteiger partial charge is 0.469 e. The number of carbonyl (C=O) groups is 2. The first kappa shape index (κ1) is 19.9. The highest BCUT2D eigenvalue weighted by Gasteiger charge is 2.40. The molecule has 0 aromatic heterocycles. The molecule has 0 bridgehead atoms. The average molecular weight is 381 g/mol. The minimum atomic E-state index is -0.573. The quantitative estimate of drug-likeness (QED) is 0.734. The number of likely N-dealkylation sites (tertiary alicyclic amines) is 1. The van der Waals surface area contributed by atoms with E-state index in [1.165, 1.54) is 12.5 Å². The normalized spacial score (nSPS) is 19.9. The lowest BCUT2D eigenvalue weighted by Gasteiger charge is -2.24. The second-order valence-corrected chi connectivity index (χ2v) is 8.14. The molecule has 0 radical (unpaired) electrons. The molecule has 3 rings (SSSR count). The molecule has 1 saturated heterocycles. The summed E-state index contributed by atoms with van der Waals surface area (Å²) in [6.45, 7) is 6.22. The van der Waals surface area contributed by atoms with Crippen LogP contribution in [0.4, 0.5) is 4.79 Å². The molecule has 28 heavy (non-hydrogen) atoms. The van der Waals surface area contributed by atoms with Crippen molar-refractivity contribution in [2.75, 3.05) is 20.2 Å². The Balaban J connectivity index is 1.78. The Morgan fingerprint density at radius 2 is 1.79 bits per heavy atom. The highest BCUT2D eigenvalue weighted by atomic mass is 16.6. The maximum Gasteiger partial charge on any atom is 0.410 e. The number of rotatable bonds is 3. The van der Waals surface area contributed by atoms with Gasteiger partial charge in [-0.1, -0.05) is 48.6 Å². The van der Waals surface area contributed by atoms with Crippen LogP contribution in [-0.4, -0.2) is 42.8 Å². The van der Waals surface area contributed by atoms with Gasteiger partial charge in [0, 0.05) is 19.0 Å². The predicted molar refractivity (Wildman–Crippen MR) is 110 cm³/mol. The van der Waals surface area contributed by atoms with Gasteiger partial charge in [-0.3, -0.25) is 4.79 Å². The van der Waals surface area contributed by atoms with Gasteiger partial charge in [0.2, 0.25) is 0 Å². The molecule has 5 nitrogen and oxygen atoms in total. The molecule has 1 fully saturated rings. The van der Waals surface area contributed by atoms with E-state index in [0.717, 1.165) is 10.9 Å². The van der Waals surface area contributed by atoms with Crippen LogP contribution < -0.4 is 0 Å². The number of nitrogens with zero attached hydrogens (tertiary/aromatic N) is 1. The van der Waals surface area contributed by atoms with Gasteiger partial charge in [-0.05, 0) is 43.2 Å². The zero-order valence-corrected chi connectivity index (χ0v) is 16.8. The van der Waals surface area contributed by atoms with Crippen molar-refractivity contribution in [2.45, 2.75) is 26.4 Å². The number of esters is 1. The molecule has 2 aromatic rings. The summed E-state index contributed by atoms with van der Waals surface area (Å²) in [5, 5.41) is 2.35. The lowest BCUT2D eigenvalue weighted by molar-refractivity contribution is -0.145. The van der Waals surface area contributed by atoms with Crippen LogP contribution in [-0.2, 0) is 14.3 Å². The molecule has 0 saturated carbocycles. The summed E-state index contributed by atoms with van der Waals surface area (Å²) in [7, 11) is 1.38. The molecule has 0 spiro atoms. The van der Waals surface area contributed by atoms with Crippen LogP contribution in [0.2, 0.25) is 0 Å². The van der Waals surface area contributed by atoms with Gasteiger partial charge in [-0.25, -0.2) is 4.79 Å². The predicted octanol–water partition coefficient (Wildman–Crippen LogP) is 4.51. The Hall–Kier alpha value is -2.82.